The molecular weight excluding hydrogens is 264 g/mol. The molecule has 0 saturated heterocycles. The number of nitrogens with zero attached hydrogens (tertiary/aromatic N) is 1. The van der Waals surface area contributed by atoms with Crippen LogP contribution in [0.1, 0.15) is 19.4 Å². The highest BCUT2D eigenvalue weighted by Gasteiger charge is 2.15. The van der Waals surface area contributed by atoms with Crippen LogP contribution in [0.4, 0.5) is 0 Å². The van der Waals surface area contributed by atoms with Crippen molar-refractivity contribution >= 4 is 9.84 Å². The first-order chi connectivity index (χ1) is 8.95. The van der Waals surface area contributed by atoms with E-state index in [9.17, 15) is 8.42 Å². The summed E-state index contributed by atoms with van der Waals surface area (Å²) in [6.07, 6.45) is 3.12. The Morgan fingerprint density at radius 2 is 2.16 bits per heavy atom. The van der Waals surface area contributed by atoms with Crippen LogP contribution in [0.2, 0.25) is 0 Å². The number of rotatable bonds is 5. The van der Waals surface area contributed by atoms with Gasteiger partial charge in [-0.2, -0.15) is 0 Å². The van der Waals surface area contributed by atoms with Gasteiger partial charge in [0.1, 0.15) is 12.4 Å². The number of pyridine rings is 1. The highest BCUT2D eigenvalue weighted by molar-refractivity contribution is 7.91. The van der Waals surface area contributed by atoms with Crippen LogP contribution in [0.25, 0.3) is 0 Å². The van der Waals surface area contributed by atoms with Gasteiger partial charge in [0.15, 0.2) is 9.84 Å². The van der Waals surface area contributed by atoms with E-state index in [4.69, 9.17) is 10.5 Å². The molecule has 0 saturated carbocycles. The van der Waals surface area contributed by atoms with Crippen molar-refractivity contribution in [2.24, 2.45) is 5.73 Å². The molecule has 0 unspecified atom stereocenters. The Labute approximate surface area is 114 Å². The van der Waals surface area contributed by atoms with Gasteiger partial charge in [-0.1, -0.05) is 11.8 Å². The summed E-state index contributed by atoms with van der Waals surface area (Å²) in [4.78, 5) is 3.97. The molecule has 0 spiro atoms. The monoisotopic (exact) mass is 282 g/mol. The molecule has 0 aliphatic rings. The summed E-state index contributed by atoms with van der Waals surface area (Å²) >= 11 is 0. The van der Waals surface area contributed by atoms with Crippen LogP contribution >= 0.6 is 0 Å². The lowest BCUT2D eigenvalue weighted by molar-refractivity contribution is 0.339. The van der Waals surface area contributed by atoms with Crippen LogP contribution in [0, 0.1) is 11.8 Å². The Hall–Kier alpha value is -1.58. The summed E-state index contributed by atoms with van der Waals surface area (Å²) in [6, 6.07) is 1.71. The van der Waals surface area contributed by atoms with Crippen LogP contribution in [0.3, 0.4) is 0 Å². The fraction of sp³-hybridized carbons (Fsp3) is 0.462. The van der Waals surface area contributed by atoms with Gasteiger partial charge in [-0.25, -0.2) is 8.42 Å². The van der Waals surface area contributed by atoms with Crippen LogP contribution in [0.15, 0.2) is 18.5 Å². The van der Waals surface area contributed by atoms with Gasteiger partial charge < -0.3 is 10.5 Å². The van der Waals surface area contributed by atoms with Gasteiger partial charge in [-0.15, -0.1) is 0 Å². The third kappa shape index (κ3) is 5.28. The summed E-state index contributed by atoms with van der Waals surface area (Å²) in [7, 11) is -3.08. The summed E-state index contributed by atoms with van der Waals surface area (Å²) in [6.45, 7) is 3.69. The average Bonchev–Trinajstić information content (AvgIpc) is 2.36. The predicted molar refractivity (Wildman–Crippen MR) is 74.6 cm³/mol. The minimum absolute atomic E-state index is 0.0105. The molecule has 0 aliphatic carbocycles. The Balaban J connectivity index is 2.59. The number of aromatic nitrogens is 1. The lowest BCUT2D eigenvalue weighted by atomic mass is 10.3. The molecule has 19 heavy (non-hydrogen) atoms. The fourth-order valence-electron chi connectivity index (χ4n) is 1.23. The molecule has 1 aromatic heterocycles. The van der Waals surface area contributed by atoms with E-state index >= 15 is 0 Å². The molecule has 1 heterocycles. The maximum atomic E-state index is 11.6. The number of ether oxygens (including phenoxy) is 1. The van der Waals surface area contributed by atoms with E-state index in [0.29, 0.717) is 11.3 Å². The van der Waals surface area contributed by atoms with Gasteiger partial charge in [0.05, 0.1) is 23.7 Å². The van der Waals surface area contributed by atoms with Crippen LogP contribution in [0.5, 0.6) is 5.75 Å². The number of hydrogen-bond donors (Lipinski definition) is 1. The molecule has 1 aromatic rings. The fourth-order valence-corrected chi connectivity index (χ4v) is 2.02. The second-order valence-electron chi connectivity index (χ2n) is 4.18. The van der Waals surface area contributed by atoms with E-state index in [-0.39, 0.29) is 18.9 Å². The molecule has 0 radical (unpaired) electrons. The molecular formula is C13H18N2O3S. The number of hydrogen-bond acceptors (Lipinski definition) is 5. The highest BCUT2D eigenvalue weighted by atomic mass is 32.2. The molecule has 5 nitrogen and oxygen atoms in total. The van der Waals surface area contributed by atoms with Gasteiger partial charge >= 0.3 is 0 Å². The van der Waals surface area contributed by atoms with Gasteiger partial charge in [-0.3, -0.25) is 4.98 Å². The van der Waals surface area contributed by atoms with E-state index in [0.717, 1.165) is 0 Å². The standard InChI is InChI=1S/C13H18N2O3S/c1-11(2)19(16,17)7-6-18-13-8-12(4-3-5-14)9-15-10-13/h8-11H,5-7,14H2,1-2H3. The predicted octanol–water partition coefficient (Wildman–Crippen LogP) is 0.594. The lowest BCUT2D eigenvalue weighted by Gasteiger charge is -2.09. The van der Waals surface area contributed by atoms with E-state index < -0.39 is 15.1 Å². The Kier molecular flexibility index (Phi) is 5.80. The first-order valence-electron chi connectivity index (χ1n) is 5.94. The Bertz CT molecular complexity index is 571. The first kappa shape index (κ1) is 15.5. The van der Waals surface area contributed by atoms with Crippen molar-refractivity contribution in [3.63, 3.8) is 0 Å². The van der Waals surface area contributed by atoms with Gasteiger partial charge in [0, 0.05) is 11.8 Å². The molecule has 0 aliphatic heterocycles. The van der Waals surface area contributed by atoms with Crippen molar-refractivity contribution in [3.05, 3.63) is 24.0 Å². The molecule has 0 atom stereocenters. The zero-order valence-corrected chi connectivity index (χ0v) is 11.9. The number of sulfone groups is 1. The van der Waals surface area contributed by atoms with Gasteiger partial charge in [-0.05, 0) is 19.9 Å². The summed E-state index contributed by atoms with van der Waals surface area (Å²) in [5.74, 6) is 6.04. The van der Waals surface area contributed by atoms with Crippen LogP contribution in [-0.4, -0.2) is 37.6 Å². The maximum Gasteiger partial charge on any atom is 0.155 e. The molecule has 0 fully saturated rings. The second-order valence-corrected chi connectivity index (χ2v) is 6.86. The summed E-state index contributed by atoms with van der Waals surface area (Å²) < 4.78 is 28.6. The van der Waals surface area contributed by atoms with Crippen molar-refractivity contribution in [3.8, 4) is 17.6 Å². The van der Waals surface area contributed by atoms with Crippen LogP contribution in [-0.2, 0) is 9.84 Å². The van der Waals surface area contributed by atoms with Crippen molar-refractivity contribution in [2.75, 3.05) is 18.9 Å². The molecule has 2 N–H and O–H groups in total. The lowest BCUT2D eigenvalue weighted by Crippen LogP contribution is -2.22. The number of nitrogens with two attached hydrogens (primary N) is 1. The van der Waals surface area contributed by atoms with E-state index in [1.54, 1.807) is 26.1 Å². The van der Waals surface area contributed by atoms with Gasteiger partial charge in [0.25, 0.3) is 0 Å². The topological polar surface area (TPSA) is 82.3 Å². The molecule has 1 rings (SSSR count). The third-order valence-electron chi connectivity index (χ3n) is 2.40. The van der Waals surface area contributed by atoms with E-state index in [2.05, 4.69) is 16.8 Å². The Morgan fingerprint density at radius 3 is 2.79 bits per heavy atom. The smallest absolute Gasteiger partial charge is 0.155 e. The van der Waals surface area contributed by atoms with Crippen molar-refractivity contribution < 1.29 is 13.2 Å². The van der Waals surface area contributed by atoms with E-state index in [1.165, 1.54) is 6.20 Å². The minimum atomic E-state index is -3.08. The summed E-state index contributed by atoms with van der Waals surface area (Å²) in [5, 5.41) is -0.393. The highest BCUT2D eigenvalue weighted by Crippen LogP contribution is 2.11. The molecule has 0 amide bonds. The largest absolute Gasteiger partial charge is 0.491 e. The zero-order chi connectivity index (χ0) is 14.3. The Morgan fingerprint density at radius 1 is 1.42 bits per heavy atom. The van der Waals surface area contributed by atoms with Crippen LogP contribution < -0.4 is 10.5 Å². The van der Waals surface area contributed by atoms with Crippen molar-refractivity contribution in [2.45, 2.75) is 19.1 Å². The third-order valence-corrected chi connectivity index (χ3v) is 4.57. The average molecular weight is 282 g/mol. The normalized spacial score (nSPS) is 10.9. The zero-order valence-electron chi connectivity index (χ0n) is 11.1. The summed E-state index contributed by atoms with van der Waals surface area (Å²) in [5.41, 5.74) is 5.97. The van der Waals surface area contributed by atoms with Crippen molar-refractivity contribution in [1.29, 1.82) is 0 Å². The van der Waals surface area contributed by atoms with E-state index in [1.807, 2.05) is 0 Å². The SMILES string of the molecule is CC(C)S(=O)(=O)CCOc1cncc(C#CCN)c1. The van der Waals surface area contributed by atoms with Crippen molar-refractivity contribution in [1.82, 2.24) is 4.98 Å². The molecule has 0 aromatic carbocycles. The quantitative estimate of drug-likeness (QED) is 0.799. The van der Waals surface area contributed by atoms with Gasteiger partial charge in [0.2, 0.25) is 0 Å². The molecule has 6 heteroatoms. The minimum Gasteiger partial charge on any atom is -0.491 e. The second kappa shape index (κ2) is 7.12. The maximum absolute atomic E-state index is 11.6. The first-order valence-corrected chi connectivity index (χ1v) is 7.65. The molecule has 0 bridgehead atoms. The molecule has 104 valence electrons.